The van der Waals surface area contributed by atoms with Crippen LogP contribution in [0.15, 0.2) is 54.6 Å². The zero-order valence-electron chi connectivity index (χ0n) is 18.0. The number of carbonyl (C=O) groups is 2. The second kappa shape index (κ2) is 8.93. The van der Waals surface area contributed by atoms with Crippen LogP contribution < -0.4 is 5.32 Å². The van der Waals surface area contributed by atoms with Gasteiger partial charge in [0.1, 0.15) is 16.7 Å². The Balaban J connectivity index is 1.39. The van der Waals surface area contributed by atoms with E-state index in [1.165, 1.54) is 35.2 Å². The Kier molecular flexibility index (Phi) is 5.81. The summed E-state index contributed by atoms with van der Waals surface area (Å²) in [6.45, 7) is 1.86. The third kappa shape index (κ3) is 4.04. The number of anilines is 1. The normalized spacial score (nSPS) is 15.4. The highest BCUT2D eigenvalue weighted by Crippen LogP contribution is 2.33. The molecule has 0 radical (unpaired) electrons. The number of aromatic nitrogens is 2. The van der Waals surface area contributed by atoms with Crippen molar-refractivity contribution in [1.82, 2.24) is 14.7 Å². The standard InChI is InChI=1S/C24H18FN5O2S2/c1-14-19-10-21(34-24(19)30(28-14)18-8-4-16(25)5-9-18)23(32)29-13-33-12-20(29)22(31)27-17-6-2-15(11-26)3-7-17/h2-10,20H,12-13H2,1H3,(H,27,31). The molecule has 2 amide bonds. The minimum Gasteiger partial charge on any atom is -0.324 e. The number of thioether (sulfide) groups is 1. The predicted molar refractivity (Wildman–Crippen MR) is 131 cm³/mol. The molecular weight excluding hydrogens is 473 g/mol. The van der Waals surface area contributed by atoms with Gasteiger partial charge in [-0.25, -0.2) is 9.07 Å². The van der Waals surface area contributed by atoms with Crippen molar-refractivity contribution in [2.75, 3.05) is 16.9 Å². The molecule has 0 spiro atoms. The molecule has 1 aliphatic heterocycles. The number of fused-ring (bicyclic) bond motifs is 1. The molecule has 1 N–H and O–H groups in total. The van der Waals surface area contributed by atoms with Crippen LogP contribution in [-0.2, 0) is 4.79 Å². The number of nitrogens with one attached hydrogen (secondary N) is 1. The van der Waals surface area contributed by atoms with Gasteiger partial charge in [-0.05, 0) is 61.5 Å². The van der Waals surface area contributed by atoms with E-state index >= 15 is 0 Å². The number of nitrogens with zero attached hydrogens (tertiary/aromatic N) is 4. The van der Waals surface area contributed by atoms with Crippen LogP contribution in [0.1, 0.15) is 20.9 Å². The summed E-state index contributed by atoms with van der Waals surface area (Å²) in [7, 11) is 0. The number of nitriles is 1. The van der Waals surface area contributed by atoms with E-state index in [1.807, 2.05) is 19.1 Å². The maximum absolute atomic E-state index is 13.4. The lowest BCUT2D eigenvalue weighted by Crippen LogP contribution is -2.44. The maximum atomic E-state index is 13.4. The fourth-order valence-corrected chi connectivity index (χ4v) is 6.06. The Bertz CT molecular complexity index is 1440. The summed E-state index contributed by atoms with van der Waals surface area (Å²) in [6.07, 6.45) is 0. The van der Waals surface area contributed by atoms with Gasteiger partial charge in [-0.15, -0.1) is 23.1 Å². The Morgan fingerprint density at radius 2 is 1.91 bits per heavy atom. The molecule has 4 aromatic rings. The summed E-state index contributed by atoms with van der Waals surface area (Å²) < 4.78 is 15.1. The Morgan fingerprint density at radius 1 is 1.18 bits per heavy atom. The molecule has 10 heteroatoms. The van der Waals surface area contributed by atoms with Crippen LogP contribution in [0.4, 0.5) is 10.1 Å². The lowest BCUT2D eigenvalue weighted by molar-refractivity contribution is -0.119. The van der Waals surface area contributed by atoms with Crippen molar-refractivity contribution in [3.8, 4) is 11.8 Å². The summed E-state index contributed by atoms with van der Waals surface area (Å²) in [5, 5.41) is 17.2. The van der Waals surface area contributed by atoms with E-state index < -0.39 is 6.04 Å². The lowest BCUT2D eigenvalue weighted by Gasteiger charge is -2.22. The first-order valence-corrected chi connectivity index (χ1v) is 12.4. The van der Waals surface area contributed by atoms with E-state index in [1.54, 1.807) is 46.0 Å². The number of aryl methyl sites for hydroxylation is 1. The average Bonchev–Trinajstić information content (AvgIpc) is 3.57. The summed E-state index contributed by atoms with van der Waals surface area (Å²) in [5.41, 5.74) is 2.55. The predicted octanol–water partition coefficient (Wildman–Crippen LogP) is 4.56. The minimum absolute atomic E-state index is 0.212. The molecule has 1 saturated heterocycles. The SMILES string of the molecule is Cc1nn(-c2ccc(F)cc2)c2sc(C(=O)N3CSCC3C(=O)Nc3ccc(C#N)cc3)cc12. The highest BCUT2D eigenvalue weighted by Gasteiger charge is 2.36. The van der Waals surface area contributed by atoms with Crippen molar-refractivity contribution in [3.05, 3.63) is 76.5 Å². The van der Waals surface area contributed by atoms with Crippen molar-refractivity contribution < 1.29 is 14.0 Å². The number of benzene rings is 2. The Morgan fingerprint density at radius 3 is 2.62 bits per heavy atom. The molecule has 1 fully saturated rings. The molecule has 0 bridgehead atoms. The molecule has 1 aliphatic rings. The minimum atomic E-state index is -0.604. The van der Waals surface area contributed by atoms with Crippen molar-refractivity contribution in [2.45, 2.75) is 13.0 Å². The largest absolute Gasteiger partial charge is 0.324 e. The molecule has 170 valence electrons. The van der Waals surface area contributed by atoms with Gasteiger partial charge in [-0.1, -0.05) is 0 Å². The molecule has 7 nitrogen and oxygen atoms in total. The van der Waals surface area contributed by atoms with Crippen molar-refractivity contribution in [1.29, 1.82) is 5.26 Å². The maximum Gasteiger partial charge on any atom is 0.265 e. The van der Waals surface area contributed by atoms with Gasteiger partial charge in [0.2, 0.25) is 5.91 Å². The molecular formula is C24H18FN5O2S2. The van der Waals surface area contributed by atoms with Crippen LogP contribution in [0.3, 0.4) is 0 Å². The van der Waals surface area contributed by atoms with Crippen LogP contribution in [0.5, 0.6) is 0 Å². The fraction of sp³-hybridized carbons (Fsp3) is 0.167. The monoisotopic (exact) mass is 491 g/mol. The highest BCUT2D eigenvalue weighted by molar-refractivity contribution is 7.99. The molecule has 1 unspecified atom stereocenters. The van der Waals surface area contributed by atoms with Crippen molar-refractivity contribution in [3.63, 3.8) is 0 Å². The van der Waals surface area contributed by atoms with Gasteiger partial charge >= 0.3 is 0 Å². The lowest BCUT2D eigenvalue weighted by atomic mass is 10.2. The molecule has 0 saturated carbocycles. The molecule has 34 heavy (non-hydrogen) atoms. The van der Waals surface area contributed by atoms with Gasteiger partial charge < -0.3 is 10.2 Å². The van der Waals surface area contributed by atoms with Crippen LogP contribution in [-0.4, -0.2) is 44.2 Å². The molecule has 1 atom stereocenters. The first-order valence-electron chi connectivity index (χ1n) is 10.4. The summed E-state index contributed by atoms with van der Waals surface area (Å²) in [6, 6.07) is 15.9. The summed E-state index contributed by atoms with van der Waals surface area (Å²) in [5.74, 6) is 0.111. The molecule has 2 aromatic heterocycles. The van der Waals surface area contributed by atoms with Gasteiger partial charge in [0.25, 0.3) is 5.91 Å². The van der Waals surface area contributed by atoms with E-state index in [9.17, 15) is 14.0 Å². The zero-order valence-corrected chi connectivity index (χ0v) is 19.6. The van der Waals surface area contributed by atoms with Gasteiger partial charge in [0.05, 0.1) is 33.8 Å². The van der Waals surface area contributed by atoms with E-state index in [4.69, 9.17) is 5.26 Å². The van der Waals surface area contributed by atoms with Gasteiger partial charge in [0, 0.05) is 16.8 Å². The fourth-order valence-electron chi connectivity index (χ4n) is 3.77. The molecule has 2 aromatic carbocycles. The number of amides is 2. The quantitative estimate of drug-likeness (QED) is 0.452. The topological polar surface area (TPSA) is 91.0 Å². The molecule has 3 heterocycles. The number of rotatable bonds is 4. The summed E-state index contributed by atoms with van der Waals surface area (Å²) in [4.78, 5) is 29.2. The van der Waals surface area contributed by atoms with Crippen molar-refractivity contribution >= 4 is 50.8 Å². The number of hydrogen-bond donors (Lipinski definition) is 1. The number of thiophene rings is 1. The Labute approximate surface area is 202 Å². The Hall–Kier alpha value is -3.68. The zero-order chi connectivity index (χ0) is 23.8. The van der Waals surface area contributed by atoms with Crippen LogP contribution >= 0.6 is 23.1 Å². The number of carbonyl (C=O) groups excluding carboxylic acids is 2. The number of halogens is 1. The van der Waals surface area contributed by atoms with E-state index in [-0.39, 0.29) is 17.6 Å². The second-order valence-corrected chi connectivity index (χ2v) is 9.80. The smallest absolute Gasteiger partial charge is 0.265 e. The average molecular weight is 492 g/mol. The van der Waals surface area contributed by atoms with Gasteiger partial charge in [-0.2, -0.15) is 10.4 Å². The van der Waals surface area contributed by atoms with Crippen molar-refractivity contribution in [2.24, 2.45) is 0 Å². The third-order valence-corrected chi connectivity index (χ3v) is 7.66. The van der Waals surface area contributed by atoms with E-state index in [2.05, 4.69) is 10.4 Å². The molecule has 5 rings (SSSR count). The summed E-state index contributed by atoms with van der Waals surface area (Å²) >= 11 is 2.83. The highest BCUT2D eigenvalue weighted by atomic mass is 32.2. The molecule has 0 aliphatic carbocycles. The van der Waals surface area contributed by atoms with E-state index in [0.717, 1.165) is 15.9 Å². The van der Waals surface area contributed by atoms with Gasteiger partial charge in [-0.3, -0.25) is 9.59 Å². The van der Waals surface area contributed by atoms with Crippen LogP contribution in [0.25, 0.3) is 15.9 Å². The first kappa shape index (κ1) is 22.1. The van der Waals surface area contributed by atoms with Gasteiger partial charge in [0.15, 0.2) is 0 Å². The number of hydrogen-bond acceptors (Lipinski definition) is 6. The van der Waals surface area contributed by atoms with E-state index in [0.29, 0.717) is 33.4 Å². The second-order valence-electron chi connectivity index (χ2n) is 7.77. The van der Waals surface area contributed by atoms with Crippen LogP contribution in [0.2, 0.25) is 0 Å². The first-order chi connectivity index (χ1) is 16.4. The van der Waals surface area contributed by atoms with Crippen LogP contribution in [0, 0.1) is 24.1 Å². The third-order valence-electron chi connectivity index (χ3n) is 5.55.